The number of amides is 2. The van der Waals surface area contributed by atoms with Gasteiger partial charge in [-0.3, -0.25) is 9.59 Å². The van der Waals surface area contributed by atoms with Gasteiger partial charge in [0.05, 0.1) is 11.1 Å². The summed E-state index contributed by atoms with van der Waals surface area (Å²) < 4.78 is 14.6. The minimum atomic E-state index is -0.346. The number of carbonyl (C=O) groups excluding carboxylic acids is 2. The monoisotopic (exact) mass is 458 g/mol. The van der Waals surface area contributed by atoms with E-state index in [1.807, 2.05) is 30.9 Å². The van der Waals surface area contributed by atoms with Crippen LogP contribution in [0.15, 0.2) is 42.5 Å². The topological polar surface area (TPSA) is 68.4 Å². The molecule has 0 unspecified atom stereocenters. The Bertz CT molecular complexity index is 1330. The van der Waals surface area contributed by atoms with E-state index in [2.05, 4.69) is 22.2 Å². The number of piperazine rings is 1. The highest BCUT2D eigenvalue weighted by Gasteiger charge is 2.30. The number of anilines is 1. The Morgan fingerprint density at radius 1 is 1.00 bits per heavy atom. The number of likely N-dealkylation sites (N-methyl/N-ethyl adjacent to an activating group) is 1. The van der Waals surface area contributed by atoms with Crippen molar-refractivity contribution in [2.24, 2.45) is 0 Å². The number of rotatable bonds is 3. The number of halogens is 1. The third-order valence-corrected chi connectivity index (χ3v) is 6.76. The van der Waals surface area contributed by atoms with E-state index in [9.17, 15) is 14.0 Å². The van der Waals surface area contributed by atoms with Crippen LogP contribution in [0.25, 0.3) is 22.8 Å². The Morgan fingerprint density at radius 2 is 1.71 bits per heavy atom. The summed E-state index contributed by atoms with van der Waals surface area (Å²) in [5.74, 6) is -0.591. The molecule has 2 amide bonds. The minimum Gasteiger partial charge on any atom is -0.358 e. The lowest BCUT2D eigenvalue weighted by Gasteiger charge is -2.32. The van der Waals surface area contributed by atoms with Crippen molar-refractivity contribution in [3.63, 3.8) is 0 Å². The van der Waals surface area contributed by atoms with Gasteiger partial charge in [-0.05, 0) is 50.2 Å². The number of nitrogens with zero attached hydrogens (tertiary/aromatic N) is 2. The SMILES string of the molecule is Cc1[nH]c(C=C2C(=O)Nc3cccc(-c4ccccc4F)c32)c(C)c1C(=O)N1CCN(C)CC1. The highest BCUT2D eigenvalue weighted by molar-refractivity contribution is 6.36. The molecule has 0 aliphatic carbocycles. The lowest BCUT2D eigenvalue weighted by atomic mass is 9.93. The predicted molar refractivity (Wildman–Crippen MR) is 132 cm³/mol. The molecule has 7 heteroatoms. The fraction of sp³-hybridized carbons (Fsp3) is 0.259. The van der Waals surface area contributed by atoms with Crippen LogP contribution in [-0.2, 0) is 4.79 Å². The van der Waals surface area contributed by atoms with Crippen molar-refractivity contribution in [2.75, 3.05) is 38.5 Å². The van der Waals surface area contributed by atoms with Gasteiger partial charge in [0.15, 0.2) is 0 Å². The molecule has 5 rings (SSSR count). The first-order valence-electron chi connectivity index (χ1n) is 11.4. The van der Waals surface area contributed by atoms with E-state index in [0.717, 1.165) is 24.3 Å². The van der Waals surface area contributed by atoms with Crippen LogP contribution < -0.4 is 5.32 Å². The molecule has 0 saturated carbocycles. The normalized spacial score (nSPS) is 17.2. The Morgan fingerprint density at radius 3 is 2.44 bits per heavy atom. The molecule has 0 atom stereocenters. The summed E-state index contributed by atoms with van der Waals surface area (Å²) >= 11 is 0. The molecule has 0 bridgehead atoms. The number of carbonyl (C=O) groups is 2. The zero-order valence-electron chi connectivity index (χ0n) is 19.5. The maximum atomic E-state index is 14.6. The maximum absolute atomic E-state index is 14.6. The lowest BCUT2D eigenvalue weighted by molar-refractivity contribution is -0.110. The molecule has 2 aromatic carbocycles. The molecule has 174 valence electrons. The van der Waals surface area contributed by atoms with E-state index in [1.54, 1.807) is 30.3 Å². The first-order chi connectivity index (χ1) is 16.3. The standard InChI is InChI=1S/C27H27FN4O2/c1-16-23(29-17(2)24(16)27(34)32-13-11-31(3)12-14-32)15-20-25-19(18-7-4-5-9-21(18)28)8-6-10-22(25)30-26(20)33/h4-10,15,29H,11-14H2,1-3H3,(H,30,33). The molecule has 2 aliphatic heterocycles. The van der Waals surface area contributed by atoms with Crippen LogP contribution in [0.1, 0.15) is 32.9 Å². The van der Waals surface area contributed by atoms with Gasteiger partial charge in [0.1, 0.15) is 5.82 Å². The van der Waals surface area contributed by atoms with E-state index in [1.165, 1.54) is 6.07 Å². The third-order valence-electron chi connectivity index (χ3n) is 6.76. The van der Waals surface area contributed by atoms with Crippen molar-refractivity contribution in [2.45, 2.75) is 13.8 Å². The zero-order chi connectivity index (χ0) is 24.0. The summed E-state index contributed by atoms with van der Waals surface area (Å²) in [7, 11) is 2.05. The van der Waals surface area contributed by atoms with Gasteiger partial charge in [0, 0.05) is 54.4 Å². The van der Waals surface area contributed by atoms with Crippen molar-refractivity contribution in [1.29, 1.82) is 0 Å². The van der Waals surface area contributed by atoms with Gasteiger partial charge in [0.25, 0.3) is 11.8 Å². The van der Waals surface area contributed by atoms with Crippen LogP contribution in [0.2, 0.25) is 0 Å². The van der Waals surface area contributed by atoms with Crippen molar-refractivity contribution < 1.29 is 14.0 Å². The van der Waals surface area contributed by atoms with Gasteiger partial charge < -0.3 is 20.1 Å². The van der Waals surface area contributed by atoms with E-state index >= 15 is 0 Å². The van der Waals surface area contributed by atoms with E-state index in [-0.39, 0.29) is 17.6 Å². The average molecular weight is 459 g/mol. The third kappa shape index (κ3) is 3.72. The second-order valence-corrected chi connectivity index (χ2v) is 8.98. The Kier molecular flexibility index (Phi) is 5.57. The van der Waals surface area contributed by atoms with Crippen molar-refractivity contribution in [3.8, 4) is 11.1 Å². The summed E-state index contributed by atoms with van der Waals surface area (Å²) in [5, 5.41) is 2.89. The molecule has 0 spiro atoms. The molecular weight excluding hydrogens is 431 g/mol. The Labute approximate surface area is 198 Å². The van der Waals surface area contributed by atoms with Crippen LogP contribution in [0, 0.1) is 19.7 Å². The lowest BCUT2D eigenvalue weighted by Crippen LogP contribution is -2.47. The molecule has 3 aromatic rings. The van der Waals surface area contributed by atoms with Crippen molar-refractivity contribution in [1.82, 2.24) is 14.8 Å². The highest BCUT2D eigenvalue weighted by atomic mass is 19.1. The number of nitrogens with one attached hydrogen (secondary N) is 2. The van der Waals surface area contributed by atoms with E-state index in [4.69, 9.17) is 0 Å². The van der Waals surface area contributed by atoms with Crippen LogP contribution in [-0.4, -0.2) is 59.8 Å². The maximum Gasteiger partial charge on any atom is 0.256 e. The number of hydrogen-bond donors (Lipinski definition) is 2. The largest absolute Gasteiger partial charge is 0.358 e. The second kappa shape index (κ2) is 8.57. The number of hydrogen-bond acceptors (Lipinski definition) is 3. The van der Waals surface area contributed by atoms with Crippen LogP contribution in [0.3, 0.4) is 0 Å². The van der Waals surface area contributed by atoms with Crippen molar-refractivity contribution in [3.05, 3.63) is 76.4 Å². The van der Waals surface area contributed by atoms with Gasteiger partial charge >= 0.3 is 0 Å². The summed E-state index contributed by atoms with van der Waals surface area (Å²) in [6, 6.07) is 12.0. The first kappa shape index (κ1) is 22.1. The summed E-state index contributed by atoms with van der Waals surface area (Å²) in [6.07, 6.45) is 1.77. The van der Waals surface area contributed by atoms with E-state index < -0.39 is 0 Å². The first-order valence-corrected chi connectivity index (χ1v) is 11.4. The quantitative estimate of drug-likeness (QED) is 0.575. The molecular formula is C27H27FN4O2. The molecule has 0 radical (unpaired) electrons. The van der Waals surface area contributed by atoms with Crippen LogP contribution in [0.5, 0.6) is 0 Å². The molecule has 34 heavy (non-hydrogen) atoms. The van der Waals surface area contributed by atoms with E-state index in [0.29, 0.717) is 52.3 Å². The summed E-state index contributed by atoms with van der Waals surface area (Å²) in [4.78, 5) is 33.6. The predicted octanol–water partition coefficient (Wildman–Crippen LogP) is 4.32. The zero-order valence-corrected chi connectivity index (χ0v) is 19.5. The molecule has 2 aliphatic rings. The molecule has 3 heterocycles. The van der Waals surface area contributed by atoms with Crippen LogP contribution >= 0.6 is 0 Å². The van der Waals surface area contributed by atoms with Crippen molar-refractivity contribution >= 4 is 29.2 Å². The van der Waals surface area contributed by atoms with Gasteiger partial charge in [-0.25, -0.2) is 4.39 Å². The van der Waals surface area contributed by atoms with Crippen LogP contribution in [0.4, 0.5) is 10.1 Å². The number of benzene rings is 2. The second-order valence-electron chi connectivity index (χ2n) is 8.98. The molecule has 1 aromatic heterocycles. The number of aryl methyl sites for hydroxylation is 1. The summed E-state index contributed by atoms with van der Waals surface area (Å²) in [6.45, 7) is 6.86. The number of fused-ring (bicyclic) bond motifs is 1. The molecule has 2 N–H and O–H groups in total. The average Bonchev–Trinajstić information content (AvgIpc) is 3.29. The Hall–Kier alpha value is -3.71. The van der Waals surface area contributed by atoms with Gasteiger partial charge in [-0.1, -0.05) is 30.3 Å². The minimum absolute atomic E-state index is 0.00678. The smallest absolute Gasteiger partial charge is 0.256 e. The fourth-order valence-corrected chi connectivity index (χ4v) is 4.84. The number of H-pyrrole nitrogens is 1. The van der Waals surface area contributed by atoms with Gasteiger partial charge in [0.2, 0.25) is 0 Å². The molecule has 1 fully saturated rings. The fourth-order valence-electron chi connectivity index (χ4n) is 4.84. The number of aromatic nitrogens is 1. The Balaban J connectivity index is 1.57. The molecule has 1 saturated heterocycles. The molecule has 6 nitrogen and oxygen atoms in total. The van der Waals surface area contributed by atoms with Gasteiger partial charge in [-0.2, -0.15) is 0 Å². The van der Waals surface area contributed by atoms with Gasteiger partial charge in [-0.15, -0.1) is 0 Å². The summed E-state index contributed by atoms with van der Waals surface area (Å²) in [5.41, 5.74) is 5.77. The highest BCUT2D eigenvalue weighted by Crippen LogP contribution is 2.41. The number of aromatic amines is 1.